The second-order valence-corrected chi connectivity index (χ2v) is 8.22. The van der Waals surface area contributed by atoms with Crippen LogP contribution in [0.4, 0.5) is 0 Å². The second-order valence-electron chi connectivity index (χ2n) is 7.30. The smallest absolute Gasteiger partial charge is 0.0541 e. The average molecular weight is 392 g/mol. The number of aromatic nitrogens is 1. The highest BCUT2D eigenvalue weighted by molar-refractivity contribution is 9.10. The van der Waals surface area contributed by atoms with E-state index in [1.54, 1.807) is 0 Å². The third-order valence-electron chi connectivity index (χ3n) is 5.40. The van der Waals surface area contributed by atoms with Gasteiger partial charge in [-0.05, 0) is 53.8 Å². The van der Waals surface area contributed by atoms with Crippen LogP contribution < -0.4 is 0 Å². The molecule has 1 heterocycles. The maximum Gasteiger partial charge on any atom is 0.0541 e. The Balaban J connectivity index is 2.09. The molecular formula is C23H22BrN. The number of hydrogen-bond acceptors (Lipinski definition) is 0. The van der Waals surface area contributed by atoms with Crippen molar-refractivity contribution in [1.82, 2.24) is 4.57 Å². The maximum atomic E-state index is 3.61. The predicted octanol–water partition coefficient (Wildman–Crippen LogP) is 7.23. The zero-order chi connectivity index (χ0) is 17.6. The molecule has 0 spiro atoms. The largest absolute Gasteiger partial charge is 0.309 e. The van der Waals surface area contributed by atoms with Gasteiger partial charge < -0.3 is 4.57 Å². The van der Waals surface area contributed by atoms with Crippen LogP contribution in [-0.2, 0) is 5.41 Å². The zero-order valence-corrected chi connectivity index (χ0v) is 16.5. The Kier molecular flexibility index (Phi) is 3.96. The van der Waals surface area contributed by atoms with E-state index in [9.17, 15) is 0 Å². The van der Waals surface area contributed by atoms with E-state index in [2.05, 4.69) is 108 Å². The third kappa shape index (κ3) is 2.69. The van der Waals surface area contributed by atoms with Gasteiger partial charge in [-0.1, -0.05) is 67.0 Å². The number of fused-ring (bicyclic) bond motifs is 3. The van der Waals surface area contributed by atoms with Gasteiger partial charge in [0.2, 0.25) is 0 Å². The molecule has 3 aromatic carbocycles. The summed E-state index contributed by atoms with van der Waals surface area (Å²) in [5.41, 5.74) is 5.28. The van der Waals surface area contributed by atoms with Gasteiger partial charge in [-0.2, -0.15) is 0 Å². The topological polar surface area (TPSA) is 4.93 Å². The molecule has 25 heavy (non-hydrogen) atoms. The summed E-state index contributed by atoms with van der Waals surface area (Å²) in [4.78, 5) is 0. The number of rotatable bonds is 3. The summed E-state index contributed by atoms with van der Waals surface area (Å²) < 4.78 is 3.46. The fourth-order valence-corrected chi connectivity index (χ4v) is 3.88. The Morgan fingerprint density at radius 3 is 2.36 bits per heavy atom. The first kappa shape index (κ1) is 16.4. The molecule has 0 atom stereocenters. The van der Waals surface area contributed by atoms with Crippen molar-refractivity contribution in [2.24, 2.45) is 0 Å². The van der Waals surface area contributed by atoms with Crippen LogP contribution in [-0.4, -0.2) is 4.57 Å². The summed E-state index contributed by atoms with van der Waals surface area (Å²) in [6.45, 7) is 6.90. The molecule has 0 unspecified atom stereocenters. The molecule has 0 bridgehead atoms. The van der Waals surface area contributed by atoms with Crippen LogP contribution in [0.25, 0.3) is 27.5 Å². The number of nitrogens with zero attached hydrogens (tertiary/aromatic N) is 1. The van der Waals surface area contributed by atoms with E-state index in [0.717, 1.165) is 10.9 Å². The van der Waals surface area contributed by atoms with Crippen molar-refractivity contribution in [3.63, 3.8) is 0 Å². The van der Waals surface area contributed by atoms with Crippen molar-refractivity contribution in [1.29, 1.82) is 0 Å². The minimum Gasteiger partial charge on any atom is -0.309 e. The minimum absolute atomic E-state index is 0.188. The Hall–Kier alpha value is -2.06. The van der Waals surface area contributed by atoms with Crippen molar-refractivity contribution in [3.8, 4) is 5.69 Å². The van der Waals surface area contributed by atoms with E-state index in [4.69, 9.17) is 0 Å². The SMILES string of the molecule is CCC(C)(C)c1ccc2c(c1)c1ccccc1n2-c1cccc(Br)c1. The second kappa shape index (κ2) is 6.03. The molecule has 0 radical (unpaired) electrons. The molecule has 0 aliphatic carbocycles. The van der Waals surface area contributed by atoms with E-state index >= 15 is 0 Å². The molecule has 4 rings (SSSR count). The lowest BCUT2D eigenvalue weighted by molar-refractivity contribution is 0.507. The first-order valence-corrected chi connectivity index (χ1v) is 9.60. The number of para-hydroxylation sites is 1. The van der Waals surface area contributed by atoms with Gasteiger partial charge in [0.1, 0.15) is 0 Å². The molecule has 0 saturated heterocycles. The zero-order valence-electron chi connectivity index (χ0n) is 14.9. The van der Waals surface area contributed by atoms with Crippen molar-refractivity contribution in [2.45, 2.75) is 32.6 Å². The van der Waals surface area contributed by atoms with Gasteiger partial charge in [-0.15, -0.1) is 0 Å². The van der Waals surface area contributed by atoms with E-state index in [0.29, 0.717) is 0 Å². The molecule has 0 amide bonds. The Labute approximate surface area is 157 Å². The van der Waals surface area contributed by atoms with Crippen molar-refractivity contribution < 1.29 is 0 Å². The van der Waals surface area contributed by atoms with Crippen LogP contribution >= 0.6 is 15.9 Å². The summed E-state index contributed by atoms with van der Waals surface area (Å²) in [6.07, 6.45) is 1.13. The van der Waals surface area contributed by atoms with Crippen LogP contribution in [0.3, 0.4) is 0 Å². The maximum absolute atomic E-state index is 3.61. The van der Waals surface area contributed by atoms with Gasteiger partial charge in [0, 0.05) is 20.9 Å². The highest BCUT2D eigenvalue weighted by Gasteiger charge is 2.20. The van der Waals surface area contributed by atoms with Crippen LogP contribution in [0.5, 0.6) is 0 Å². The molecule has 126 valence electrons. The lowest BCUT2D eigenvalue weighted by Gasteiger charge is -2.23. The summed E-state index contributed by atoms with van der Waals surface area (Å²) in [5, 5.41) is 2.64. The summed E-state index contributed by atoms with van der Waals surface area (Å²) in [6, 6.07) is 24.1. The summed E-state index contributed by atoms with van der Waals surface area (Å²) in [7, 11) is 0. The van der Waals surface area contributed by atoms with Gasteiger partial charge in [0.05, 0.1) is 11.0 Å². The molecule has 1 aromatic heterocycles. The van der Waals surface area contributed by atoms with E-state index in [1.807, 2.05) is 0 Å². The van der Waals surface area contributed by atoms with E-state index in [1.165, 1.54) is 33.1 Å². The monoisotopic (exact) mass is 391 g/mol. The lowest BCUT2D eigenvalue weighted by atomic mass is 9.82. The summed E-state index contributed by atoms with van der Waals surface area (Å²) in [5.74, 6) is 0. The van der Waals surface area contributed by atoms with Gasteiger partial charge in [-0.3, -0.25) is 0 Å². The van der Waals surface area contributed by atoms with Gasteiger partial charge >= 0.3 is 0 Å². The highest BCUT2D eigenvalue weighted by Crippen LogP contribution is 2.36. The molecule has 0 aliphatic heterocycles. The third-order valence-corrected chi connectivity index (χ3v) is 5.90. The molecule has 2 heteroatoms. The predicted molar refractivity (Wildman–Crippen MR) is 112 cm³/mol. The first-order chi connectivity index (χ1) is 12.0. The van der Waals surface area contributed by atoms with Gasteiger partial charge in [0.25, 0.3) is 0 Å². The standard InChI is InChI=1S/C23H22BrN/c1-4-23(2,3)16-12-13-22-20(14-16)19-10-5-6-11-21(19)25(22)18-9-7-8-17(24)15-18/h5-15H,4H2,1-3H3. The number of hydrogen-bond donors (Lipinski definition) is 0. The minimum atomic E-state index is 0.188. The molecular weight excluding hydrogens is 370 g/mol. The highest BCUT2D eigenvalue weighted by atomic mass is 79.9. The molecule has 0 N–H and O–H groups in total. The number of benzene rings is 3. The number of halogens is 1. The molecule has 0 saturated carbocycles. The van der Waals surface area contributed by atoms with E-state index < -0.39 is 0 Å². The quantitative estimate of drug-likeness (QED) is 0.346. The normalized spacial score (nSPS) is 12.2. The molecule has 0 fully saturated rings. The first-order valence-electron chi connectivity index (χ1n) is 8.81. The molecule has 1 nitrogen and oxygen atoms in total. The lowest BCUT2D eigenvalue weighted by Crippen LogP contribution is -2.15. The van der Waals surface area contributed by atoms with Gasteiger partial charge in [-0.25, -0.2) is 0 Å². The van der Waals surface area contributed by atoms with E-state index in [-0.39, 0.29) is 5.41 Å². The van der Waals surface area contributed by atoms with Crippen molar-refractivity contribution >= 4 is 37.7 Å². The summed E-state index contributed by atoms with van der Waals surface area (Å²) >= 11 is 3.61. The fraction of sp³-hybridized carbons (Fsp3) is 0.217. The average Bonchev–Trinajstić information content (AvgIpc) is 2.95. The van der Waals surface area contributed by atoms with Crippen LogP contribution in [0, 0.1) is 0 Å². The van der Waals surface area contributed by atoms with Crippen LogP contribution in [0.2, 0.25) is 0 Å². The Morgan fingerprint density at radius 2 is 1.60 bits per heavy atom. The Morgan fingerprint density at radius 1 is 0.840 bits per heavy atom. The van der Waals surface area contributed by atoms with Crippen LogP contribution in [0.15, 0.2) is 71.2 Å². The molecule has 4 aromatic rings. The van der Waals surface area contributed by atoms with Crippen molar-refractivity contribution in [2.75, 3.05) is 0 Å². The fourth-order valence-electron chi connectivity index (χ4n) is 3.49. The molecule has 0 aliphatic rings. The van der Waals surface area contributed by atoms with Crippen LogP contribution in [0.1, 0.15) is 32.8 Å². The van der Waals surface area contributed by atoms with Crippen molar-refractivity contribution in [3.05, 3.63) is 76.8 Å². The van der Waals surface area contributed by atoms with Gasteiger partial charge in [0.15, 0.2) is 0 Å². The Bertz CT molecular complexity index is 1070.